The molecule has 0 aromatic heterocycles. The van der Waals surface area contributed by atoms with Crippen LogP contribution in [0.3, 0.4) is 0 Å². The molecule has 1 rings (SSSR count). The lowest BCUT2D eigenvalue weighted by Crippen LogP contribution is -2.31. The Morgan fingerprint density at radius 1 is 1.82 bits per heavy atom. The number of rotatable bonds is 1. The van der Waals surface area contributed by atoms with Gasteiger partial charge in [0.25, 0.3) is 0 Å². The van der Waals surface area contributed by atoms with Gasteiger partial charge in [0.2, 0.25) is 0 Å². The van der Waals surface area contributed by atoms with E-state index < -0.39 is 0 Å². The van der Waals surface area contributed by atoms with Crippen LogP contribution in [0.25, 0.3) is 0 Å². The Balaban J connectivity index is 2.43. The molecular weight excluding hydrogens is 144 g/mol. The van der Waals surface area contributed by atoms with Crippen molar-refractivity contribution in [2.75, 3.05) is 13.7 Å². The van der Waals surface area contributed by atoms with Crippen LogP contribution in [0.2, 0.25) is 0 Å². The second-order valence-electron chi connectivity index (χ2n) is 2.55. The van der Waals surface area contributed by atoms with E-state index in [9.17, 15) is 4.79 Å². The molecule has 0 aromatic carbocycles. The number of methoxy groups -OCH3 is 1. The van der Waals surface area contributed by atoms with E-state index in [1.165, 1.54) is 7.11 Å². The molecule has 0 aromatic rings. The number of carbonyl (C=O) groups is 1. The SMILES string of the molecule is COC(=O)C1CC(C#N)CN1. The molecule has 1 aliphatic rings. The van der Waals surface area contributed by atoms with E-state index in [-0.39, 0.29) is 17.9 Å². The minimum atomic E-state index is -0.275. The first-order chi connectivity index (χ1) is 5.27. The summed E-state index contributed by atoms with van der Waals surface area (Å²) in [6.45, 7) is 0.594. The fourth-order valence-corrected chi connectivity index (χ4v) is 1.16. The fourth-order valence-electron chi connectivity index (χ4n) is 1.16. The van der Waals surface area contributed by atoms with E-state index in [0.717, 1.165) is 0 Å². The quantitative estimate of drug-likeness (QED) is 0.525. The van der Waals surface area contributed by atoms with Gasteiger partial charge in [-0.25, -0.2) is 0 Å². The van der Waals surface area contributed by atoms with Crippen molar-refractivity contribution in [2.45, 2.75) is 12.5 Å². The summed E-state index contributed by atoms with van der Waals surface area (Å²) in [5.41, 5.74) is 0. The molecule has 1 aliphatic heterocycles. The summed E-state index contributed by atoms with van der Waals surface area (Å²) >= 11 is 0. The Hall–Kier alpha value is -1.08. The molecule has 1 fully saturated rings. The maximum Gasteiger partial charge on any atom is 0.322 e. The molecule has 1 saturated heterocycles. The number of hydrogen-bond acceptors (Lipinski definition) is 4. The van der Waals surface area contributed by atoms with Crippen LogP contribution in [0.1, 0.15) is 6.42 Å². The first-order valence-electron chi connectivity index (χ1n) is 3.48. The van der Waals surface area contributed by atoms with E-state index in [4.69, 9.17) is 5.26 Å². The summed E-state index contributed by atoms with van der Waals surface area (Å²) < 4.78 is 4.52. The zero-order valence-electron chi connectivity index (χ0n) is 6.33. The van der Waals surface area contributed by atoms with Crippen LogP contribution in [0.5, 0.6) is 0 Å². The first-order valence-corrected chi connectivity index (χ1v) is 3.48. The first kappa shape index (κ1) is 8.02. The number of nitrogens with one attached hydrogen (secondary N) is 1. The van der Waals surface area contributed by atoms with Crippen molar-refractivity contribution in [3.63, 3.8) is 0 Å². The van der Waals surface area contributed by atoms with Crippen LogP contribution in [-0.4, -0.2) is 25.7 Å². The van der Waals surface area contributed by atoms with Crippen molar-refractivity contribution in [3.05, 3.63) is 0 Å². The Bertz CT molecular complexity index is 197. The second kappa shape index (κ2) is 3.35. The zero-order chi connectivity index (χ0) is 8.27. The Kier molecular flexibility index (Phi) is 2.44. The minimum absolute atomic E-state index is 0.0425. The third-order valence-electron chi connectivity index (χ3n) is 1.80. The molecule has 1 heterocycles. The van der Waals surface area contributed by atoms with Gasteiger partial charge in [-0.2, -0.15) is 5.26 Å². The number of hydrogen-bond donors (Lipinski definition) is 1. The molecule has 0 bridgehead atoms. The smallest absolute Gasteiger partial charge is 0.322 e. The van der Waals surface area contributed by atoms with Crippen LogP contribution in [0, 0.1) is 17.2 Å². The van der Waals surface area contributed by atoms with Crippen LogP contribution >= 0.6 is 0 Å². The van der Waals surface area contributed by atoms with E-state index in [2.05, 4.69) is 16.1 Å². The topological polar surface area (TPSA) is 62.1 Å². The fraction of sp³-hybridized carbons (Fsp3) is 0.714. The summed E-state index contributed by atoms with van der Waals surface area (Å²) in [5.74, 6) is -0.318. The van der Waals surface area contributed by atoms with Crippen LogP contribution < -0.4 is 5.32 Å². The number of nitriles is 1. The predicted molar refractivity (Wildman–Crippen MR) is 37.5 cm³/mol. The van der Waals surface area contributed by atoms with Gasteiger partial charge in [-0.05, 0) is 6.42 Å². The molecule has 0 radical (unpaired) electrons. The standard InChI is InChI=1S/C7H10N2O2/c1-11-7(10)6-2-5(3-8)4-9-6/h5-6,9H,2,4H2,1H3. The van der Waals surface area contributed by atoms with Gasteiger partial charge in [0, 0.05) is 6.54 Å². The Morgan fingerprint density at radius 2 is 2.55 bits per heavy atom. The van der Waals surface area contributed by atoms with E-state index in [0.29, 0.717) is 13.0 Å². The van der Waals surface area contributed by atoms with E-state index in [1.54, 1.807) is 0 Å². The largest absolute Gasteiger partial charge is 0.468 e. The third-order valence-corrected chi connectivity index (χ3v) is 1.80. The normalized spacial score (nSPS) is 29.5. The number of esters is 1. The van der Waals surface area contributed by atoms with Crippen LogP contribution in [0.15, 0.2) is 0 Å². The summed E-state index contributed by atoms with van der Waals surface area (Å²) in [6.07, 6.45) is 0.573. The second-order valence-corrected chi connectivity index (χ2v) is 2.55. The lowest BCUT2D eigenvalue weighted by Gasteiger charge is -2.05. The van der Waals surface area contributed by atoms with E-state index >= 15 is 0 Å². The molecule has 2 atom stereocenters. The highest BCUT2D eigenvalue weighted by molar-refractivity contribution is 5.76. The average molecular weight is 154 g/mol. The van der Waals surface area contributed by atoms with Crippen molar-refractivity contribution >= 4 is 5.97 Å². The minimum Gasteiger partial charge on any atom is -0.468 e. The van der Waals surface area contributed by atoms with E-state index in [1.807, 2.05) is 0 Å². The lowest BCUT2D eigenvalue weighted by atomic mass is 10.1. The van der Waals surface area contributed by atoms with Crippen molar-refractivity contribution in [1.82, 2.24) is 5.32 Å². The van der Waals surface area contributed by atoms with Gasteiger partial charge >= 0.3 is 5.97 Å². The summed E-state index contributed by atoms with van der Waals surface area (Å²) in [5, 5.41) is 11.4. The Labute approximate surface area is 65.1 Å². The molecule has 0 amide bonds. The number of nitrogens with zero attached hydrogens (tertiary/aromatic N) is 1. The molecule has 60 valence electrons. The number of ether oxygens (including phenoxy) is 1. The molecule has 2 unspecified atom stereocenters. The molecule has 4 nitrogen and oxygen atoms in total. The van der Waals surface area contributed by atoms with Crippen molar-refractivity contribution in [1.29, 1.82) is 5.26 Å². The van der Waals surface area contributed by atoms with Gasteiger partial charge in [-0.3, -0.25) is 4.79 Å². The van der Waals surface area contributed by atoms with Gasteiger partial charge in [0.05, 0.1) is 19.1 Å². The predicted octanol–water partition coefficient (Wildman–Crippen LogP) is -0.339. The summed E-state index contributed by atoms with van der Waals surface area (Å²) in [4.78, 5) is 10.9. The van der Waals surface area contributed by atoms with Crippen molar-refractivity contribution in [2.24, 2.45) is 5.92 Å². The van der Waals surface area contributed by atoms with Crippen molar-refractivity contribution < 1.29 is 9.53 Å². The monoisotopic (exact) mass is 154 g/mol. The van der Waals surface area contributed by atoms with Crippen LogP contribution in [0.4, 0.5) is 0 Å². The zero-order valence-corrected chi connectivity index (χ0v) is 6.33. The maximum absolute atomic E-state index is 10.9. The Morgan fingerprint density at radius 3 is 3.00 bits per heavy atom. The van der Waals surface area contributed by atoms with Crippen molar-refractivity contribution in [3.8, 4) is 6.07 Å². The molecule has 0 aliphatic carbocycles. The molecule has 11 heavy (non-hydrogen) atoms. The van der Waals surface area contributed by atoms with Gasteiger partial charge in [0.1, 0.15) is 6.04 Å². The maximum atomic E-state index is 10.9. The summed E-state index contributed by atoms with van der Waals surface area (Å²) in [6, 6.07) is 1.83. The molecular formula is C7H10N2O2. The van der Waals surface area contributed by atoms with Gasteiger partial charge in [-0.15, -0.1) is 0 Å². The molecule has 0 spiro atoms. The molecule has 0 saturated carbocycles. The van der Waals surface area contributed by atoms with Gasteiger partial charge in [0.15, 0.2) is 0 Å². The number of carbonyl (C=O) groups excluding carboxylic acids is 1. The highest BCUT2D eigenvalue weighted by Gasteiger charge is 2.29. The highest BCUT2D eigenvalue weighted by Crippen LogP contribution is 2.13. The van der Waals surface area contributed by atoms with Gasteiger partial charge < -0.3 is 10.1 Å². The van der Waals surface area contributed by atoms with Crippen LogP contribution in [-0.2, 0) is 9.53 Å². The summed E-state index contributed by atoms with van der Waals surface area (Å²) in [7, 11) is 1.35. The average Bonchev–Trinajstić information content (AvgIpc) is 2.50. The lowest BCUT2D eigenvalue weighted by molar-refractivity contribution is -0.142. The molecule has 1 N–H and O–H groups in total. The molecule has 4 heteroatoms. The third kappa shape index (κ3) is 1.69. The van der Waals surface area contributed by atoms with Gasteiger partial charge in [-0.1, -0.05) is 0 Å². The highest BCUT2D eigenvalue weighted by atomic mass is 16.5.